The van der Waals surface area contributed by atoms with Crippen molar-refractivity contribution in [3.05, 3.63) is 94.7 Å². The van der Waals surface area contributed by atoms with Gasteiger partial charge < -0.3 is 9.73 Å². The van der Waals surface area contributed by atoms with E-state index in [4.69, 9.17) is 4.42 Å². The average Bonchev–Trinajstić information content (AvgIpc) is 3.56. The zero-order valence-electron chi connectivity index (χ0n) is 17.9. The number of aromatic amines is 1. The van der Waals surface area contributed by atoms with Crippen molar-refractivity contribution in [3.63, 3.8) is 0 Å². The number of carbonyl (C=O) groups is 1. The third kappa shape index (κ3) is 3.25. The molecule has 6 aromatic rings. The first-order valence-corrected chi connectivity index (χ1v) is 10.5. The summed E-state index contributed by atoms with van der Waals surface area (Å²) in [7, 11) is 0. The summed E-state index contributed by atoms with van der Waals surface area (Å²) in [5.41, 5.74) is 2.00. The smallest absolute Gasteiger partial charge is 0.292 e. The summed E-state index contributed by atoms with van der Waals surface area (Å²) < 4.78 is 8.61. The molecular weight excluding hydrogens is 434 g/mol. The van der Waals surface area contributed by atoms with Crippen LogP contribution in [0.1, 0.15) is 16.2 Å². The molecule has 0 aliphatic heterocycles. The molecule has 0 saturated heterocycles. The van der Waals surface area contributed by atoms with Crippen molar-refractivity contribution in [3.8, 4) is 11.6 Å². The number of para-hydroxylation sites is 2. The highest BCUT2D eigenvalue weighted by molar-refractivity contribution is 6.04. The molecule has 2 aromatic carbocycles. The van der Waals surface area contributed by atoms with E-state index in [0.717, 1.165) is 11.1 Å². The van der Waals surface area contributed by atoms with Crippen LogP contribution in [0.3, 0.4) is 0 Å². The lowest BCUT2D eigenvalue weighted by atomic mass is 10.2. The van der Waals surface area contributed by atoms with Crippen LogP contribution in [0.15, 0.2) is 82.1 Å². The van der Waals surface area contributed by atoms with Crippen molar-refractivity contribution >= 4 is 33.7 Å². The third-order valence-electron chi connectivity index (χ3n) is 5.35. The Labute approximate surface area is 191 Å². The van der Waals surface area contributed by atoms with E-state index in [1.807, 2.05) is 48.5 Å². The molecule has 2 N–H and O–H groups in total. The SMILES string of the molecule is Cc1cc(NC(=O)c2cc3ccccc3o2)n(-c2nc3c(cnn3-c3ccccc3)c(=O)[nH]2)n1. The van der Waals surface area contributed by atoms with Gasteiger partial charge in [0.1, 0.15) is 16.8 Å². The van der Waals surface area contributed by atoms with Gasteiger partial charge in [-0.2, -0.15) is 19.9 Å². The molecule has 166 valence electrons. The molecule has 10 heteroatoms. The van der Waals surface area contributed by atoms with Crippen LogP contribution in [0.5, 0.6) is 0 Å². The second-order valence-corrected chi connectivity index (χ2v) is 7.70. The Bertz CT molecular complexity index is 1710. The number of nitrogens with zero attached hydrogens (tertiary/aromatic N) is 5. The predicted octanol–water partition coefficient (Wildman–Crippen LogP) is 3.60. The number of hydrogen-bond acceptors (Lipinski definition) is 6. The monoisotopic (exact) mass is 451 g/mol. The molecule has 6 rings (SSSR count). The van der Waals surface area contributed by atoms with Crippen LogP contribution < -0.4 is 10.9 Å². The molecule has 0 fully saturated rings. The topological polar surface area (TPSA) is 124 Å². The highest BCUT2D eigenvalue weighted by Crippen LogP contribution is 2.22. The van der Waals surface area contributed by atoms with E-state index in [9.17, 15) is 9.59 Å². The molecule has 0 aliphatic rings. The van der Waals surface area contributed by atoms with Gasteiger partial charge in [-0.1, -0.05) is 36.4 Å². The van der Waals surface area contributed by atoms with Crippen LogP contribution in [-0.2, 0) is 0 Å². The average molecular weight is 451 g/mol. The molecule has 0 atom stereocenters. The van der Waals surface area contributed by atoms with Gasteiger partial charge in [0.05, 0.1) is 17.6 Å². The highest BCUT2D eigenvalue weighted by Gasteiger charge is 2.19. The summed E-state index contributed by atoms with van der Waals surface area (Å²) in [6.07, 6.45) is 1.47. The number of hydrogen-bond donors (Lipinski definition) is 2. The molecule has 10 nitrogen and oxygen atoms in total. The van der Waals surface area contributed by atoms with Crippen molar-refractivity contribution in [2.45, 2.75) is 6.92 Å². The van der Waals surface area contributed by atoms with E-state index >= 15 is 0 Å². The molecule has 4 aromatic heterocycles. The van der Waals surface area contributed by atoms with Crippen LogP contribution in [0.2, 0.25) is 0 Å². The number of furan rings is 1. The minimum Gasteiger partial charge on any atom is -0.451 e. The van der Waals surface area contributed by atoms with Crippen molar-refractivity contribution in [2.75, 3.05) is 5.32 Å². The molecule has 1 amide bonds. The van der Waals surface area contributed by atoms with Gasteiger partial charge in [0.2, 0.25) is 5.95 Å². The number of anilines is 1. The summed E-state index contributed by atoms with van der Waals surface area (Å²) in [5, 5.41) is 12.7. The summed E-state index contributed by atoms with van der Waals surface area (Å²) in [4.78, 5) is 33.0. The number of aryl methyl sites for hydroxylation is 1. The van der Waals surface area contributed by atoms with E-state index in [1.54, 1.807) is 29.8 Å². The molecule has 34 heavy (non-hydrogen) atoms. The van der Waals surface area contributed by atoms with Gasteiger partial charge in [-0.05, 0) is 31.2 Å². The molecule has 4 heterocycles. The van der Waals surface area contributed by atoms with Gasteiger partial charge in [0.15, 0.2) is 11.4 Å². The fraction of sp³-hybridized carbons (Fsp3) is 0.0417. The van der Waals surface area contributed by atoms with E-state index in [-0.39, 0.29) is 17.3 Å². The van der Waals surface area contributed by atoms with E-state index in [1.165, 1.54) is 10.9 Å². The van der Waals surface area contributed by atoms with Gasteiger partial charge in [0, 0.05) is 11.5 Å². The Morgan fingerprint density at radius 2 is 1.82 bits per heavy atom. The normalized spacial score (nSPS) is 11.3. The molecule has 0 spiro atoms. The van der Waals surface area contributed by atoms with Crippen LogP contribution in [0.4, 0.5) is 5.82 Å². The van der Waals surface area contributed by atoms with Gasteiger partial charge >= 0.3 is 0 Å². The highest BCUT2D eigenvalue weighted by atomic mass is 16.3. The predicted molar refractivity (Wildman–Crippen MR) is 126 cm³/mol. The standard InChI is InChI=1S/C24H17N7O3/c1-14-11-20(26-23(33)19-12-15-7-5-6-10-18(15)34-19)31(29-14)24-27-21-17(22(32)28-24)13-25-30(21)16-8-3-2-4-9-16/h2-13H,1H3,(H,26,33)(H,27,28,32). The first-order chi connectivity index (χ1) is 16.6. The van der Waals surface area contributed by atoms with Crippen LogP contribution in [0, 0.1) is 6.92 Å². The number of aromatic nitrogens is 6. The molecule has 0 aliphatic carbocycles. The number of fused-ring (bicyclic) bond motifs is 2. The number of benzene rings is 2. The third-order valence-corrected chi connectivity index (χ3v) is 5.35. The number of amides is 1. The van der Waals surface area contributed by atoms with E-state index in [0.29, 0.717) is 28.1 Å². The number of carbonyl (C=O) groups excluding carboxylic acids is 1. The Hall–Kier alpha value is -4.99. The van der Waals surface area contributed by atoms with Crippen LogP contribution in [0.25, 0.3) is 33.6 Å². The fourth-order valence-corrected chi connectivity index (χ4v) is 3.79. The maximum Gasteiger partial charge on any atom is 0.292 e. The molecule has 0 unspecified atom stereocenters. The van der Waals surface area contributed by atoms with Gasteiger partial charge in [-0.15, -0.1) is 0 Å². The van der Waals surface area contributed by atoms with Gasteiger partial charge in [0.25, 0.3) is 11.5 Å². The van der Waals surface area contributed by atoms with E-state index in [2.05, 4.69) is 25.5 Å². The van der Waals surface area contributed by atoms with E-state index < -0.39 is 5.91 Å². The van der Waals surface area contributed by atoms with Gasteiger partial charge in [-0.3, -0.25) is 14.6 Å². The molecular formula is C24H17N7O3. The number of nitrogens with one attached hydrogen (secondary N) is 2. The second-order valence-electron chi connectivity index (χ2n) is 7.70. The Kier molecular flexibility index (Phi) is 4.37. The van der Waals surface area contributed by atoms with Crippen LogP contribution in [-0.4, -0.2) is 35.4 Å². The quantitative estimate of drug-likeness (QED) is 0.422. The Balaban J connectivity index is 1.42. The maximum absolute atomic E-state index is 12.9. The summed E-state index contributed by atoms with van der Waals surface area (Å²) in [6, 6.07) is 20.1. The lowest BCUT2D eigenvalue weighted by Gasteiger charge is -2.08. The lowest BCUT2D eigenvalue weighted by molar-refractivity contribution is 0.0998. The Morgan fingerprint density at radius 1 is 1.03 bits per heavy atom. The maximum atomic E-state index is 12.9. The molecule has 0 saturated carbocycles. The van der Waals surface area contributed by atoms with Crippen LogP contribution >= 0.6 is 0 Å². The van der Waals surface area contributed by atoms with Crippen molar-refractivity contribution in [2.24, 2.45) is 0 Å². The summed E-state index contributed by atoms with van der Waals surface area (Å²) in [5.74, 6) is 0.181. The summed E-state index contributed by atoms with van der Waals surface area (Å²) >= 11 is 0. The minimum atomic E-state index is -0.449. The van der Waals surface area contributed by atoms with Crippen molar-refractivity contribution in [1.82, 2.24) is 29.5 Å². The second kappa shape index (κ2) is 7.55. The lowest BCUT2D eigenvalue weighted by Crippen LogP contribution is -2.19. The Morgan fingerprint density at radius 3 is 2.65 bits per heavy atom. The zero-order valence-corrected chi connectivity index (χ0v) is 17.9. The van der Waals surface area contributed by atoms with Crippen molar-refractivity contribution < 1.29 is 9.21 Å². The first-order valence-electron chi connectivity index (χ1n) is 10.5. The molecule has 0 bridgehead atoms. The van der Waals surface area contributed by atoms with Crippen molar-refractivity contribution in [1.29, 1.82) is 0 Å². The largest absolute Gasteiger partial charge is 0.451 e. The zero-order chi connectivity index (χ0) is 23.2. The fourth-order valence-electron chi connectivity index (χ4n) is 3.79. The first kappa shape index (κ1) is 19.7. The number of rotatable bonds is 4. The summed E-state index contributed by atoms with van der Waals surface area (Å²) in [6.45, 7) is 1.78. The van der Waals surface area contributed by atoms with Gasteiger partial charge in [-0.25, -0.2) is 4.68 Å². The molecule has 0 radical (unpaired) electrons. The number of H-pyrrole nitrogens is 1. The minimum absolute atomic E-state index is 0.142.